The van der Waals surface area contributed by atoms with Gasteiger partial charge in [-0.1, -0.05) is 6.07 Å². The van der Waals surface area contributed by atoms with E-state index >= 15 is 0 Å². The molecule has 0 spiro atoms. The van der Waals surface area contributed by atoms with E-state index in [0.717, 1.165) is 10.6 Å². The second-order valence-electron chi connectivity index (χ2n) is 3.29. The third-order valence-corrected chi connectivity index (χ3v) is 3.16. The van der Waals surface area contributed by atoms with Crippen molar-refractivity contribution in [2.24, 2.45) is 0 Å². The van der Waals surface area contributed by atoms with Gasteiger partial charge in [0, 0.05) is 4.90 Å². The van der Waals surface area contributed by atoms with Gasteiger partial charge in [0.15, 0.2) is 5.75 Å². The molecule has 0 aliphatic rings. The highest BCUT2D eigenvalue weighted by Gasteiger charge is 2.10. The van der Waals surface area contributed by atoms with Crippen molar-refractivity contribution in [3.05, 3.63) is 36.2 Å². The molecule has 0 atom stereocenters. The van der Waals surface area contributed by atoms with Crippen molar-refractivity contribution in [1.82, 2.24) is 9.78 Å². The van der Waals surface area contributed by atoms with E-state index in [9.17, 15) is 5.26 Å². The maximum atomic E-state index is 9.22. The Bertz CT molecular complexity index is 571. The molecule has 0 saturated heterocycles. The largest absolute Gasteiger partial charge is 0.493 e. The molecule has 86 valence electrons. The van der Waals surface area contributed by atoms with Crippen LogP contribution in [0.3, 0.4) is 0 Å². The lowest BCUT2D eigenvalue weighted by Crippen LogP contribution is -1.98. The number of nitrogens with zero attached hydrogens (tertiary/aromatic N) is 3. The maximum absolute atomic E-state index is 9.22. The lowest BCUT2D eigenvalue weighted by Gasteiger charge is -2.06. The van der Waals surface area contributed by atoms with Crippen molar-refractivity contribution >= 4 is 11.8 Å². The van der Waals surface area contributed by atoms with Crippen LogP contribution in [0, 0.1) is 11.3 Å². The summed E-state index contributed by atoms with van der Waals surface area (Å²) < 4.78 is 6.72. The van der Waals surface area contributed by atoms with E-state index in [1.54, 1.807) is 35.9 Å². The molecule has 2 rings (SSSR count). The van der Waals surface area contributed by atoms with E-state index < -0.39 is 0 Å². The number of aromatic nitrogens is 2. The Hall–Kier alpha value is -1.93. The van der Waals surface area contributed by atoms with Gasteiger partial charge in [-0.2, -0.15) is 10.4 Å². The van der Waals surface area contributed by atoms with E-state index in [2.05, 4.69) is 11.2 Å². The second kappa shape index (κ2) is 4.93. The molecule has 5 heteroatoms. The zero-order chi connectivity index (χ0) is 12.3. The topological polar surface area (TPSA) is 50.8 Å². The lowest BCUT2D eigenvalue weighted by atomic mass is 10.2. The minimum atomic E-state index is 0.630. The first-order chi connectivity index (χ1) is 8.30. The van der Waals surface area contributed by atoms with E-state index in [-0.39, 0.29) is 0 Å². The van der Waals surface area contributed by atoms with Gasteiger partial charge >= 0.3 is 0 Å². The fourth-order valence-electron chi connectivity index (χ4n) is 1.54. The first-order valence-electron chi connectivity index (χ1n) is 4.96. The average Bonchev–Trinajstić information content (AvgIpc) is 2.86. The molecule has 0 saturated carbocycles. The van der Waals surface area contributed by atoms with Crippen LogP contribution in [0.1, 0.15) is 5.56 Å². The molecule has 2 aromatic rings. The van der Waals surface area contributed by atoms with Crippen LogP contribution < -0.4 is 4.74 Å². The second-order valence-corrected chi connectivity index (χ2v) is 4.14. The van der Waals surface area contributed by atoms with Gasteiger partial charge < -0.3 is 4.74 Å². The van der Waals surface area contributed by atoms with E-state index in [1.165, 1.54) is 0 Å². The summed E-state index contributed by atoms with van der Waals surface area (Å²) in [4.78, 5) is 0.944. The molecule has 0 amide bonds. The van der Waals surface area contributed by atoms with Crippen LogP contribution in [0.25, 0.3) is 5.69 Å². The molecule has 1 aromatic heterocycles. The van der Waals surface area contributed by atoms with Crippen molar-refractivity contribution in [3.63, 3.8) is 0 Å². The normalized spacial score (nSPS) is 9.94. The summed E-state index contributed by atoms with van der Waals surface area (Å²) in [6, 6.07) is 7.92. The van der Waals surface area contributed by atoms with Crippen LogP contribution in [0.4, 0.5) is 0 Å². The molecule has 0 radical (unpaired) electrons. The van der Waals surface area contributed by atoms with E-state index in [0.29, 0.717) is 11.3 Å². The van der Waals surface area contributed by atoms with Gasteiger partial charge in [-0.3, -0.25) is 0 Å². The smallest absolute Gasteiger partial charge is 0.157 e. The minimum absolute atomic E-state index is 0.630. The van der Waals surface area contributed by atoms with Gasteiger partial charge in [0.25, 0.3) is 0 Å². The highest BCUT2D eigenvalue weighted by atomic mass is 32.2. The summed E-state index contributed by atoms with van der Waals surface area (Å²) >= 11 is 1.55. The lowest BCUT2D eigenvalue weighted by molar-refractivity contribution is 0.414. The number of hydrogen-bond acceptors (Lipinski definition) is 4. The van der Waals surface area contributed by atoms with Crippen LogP contribution in [-0.4, -0.2) is 23.1 Å². The molecule has 0 N–H and O–H groups in total. The summed E-state index contributed by atoms with van der Waals surface area (Å²) in [6.07, 6.45) is 5.32. The Morgan fingerprint density at radius 2 is 2.29 bits per heavy atom. The van der Waals surface area contributed by atoms with Crippen LogP contribution in [0.2, 0.25) is 0 Å². The Labute approximate surface area is 104 Å². The maximum Gasteiger partial charge on any atom is 0.157 e. The highest BCUT2D eigenvalue weighted by molar-refractivity contribution is 7.98. The first-order valence-corrected chi connectivity index (χ1v) is 6.18. The van der Waals surface area contributed by atoms with Gasteiger partial charge in [0.1, 0.15) is 6.07 Å². The number of methoxy groups -OCH3 is 1. The molecule has 0 aliphatic carbocycles. The molecule has 1 heterocycles. The van der Waals surface area contributed by atoms with Crippen LogP contribution in [0.5, 0.6) is 5.75 Å². The number of thioether (sulfide) groups is 1. The van der Waals surface area contributed by atoms with Crippen LogP contribution in [0.15, 0.2) is 35.5 Å². The van der Waals surface area contributed by atoms with Crippen LogP contribution >= 0.6 is 11.8 Å². The Morgan fingerprint density at radius 1 is 1.47 bits per heavy atom. The van der Waals surface area contributed by atoms with Crippen molar-refractivity contribution < 1.29 is 4.74 Å². The number of ether oxygens (including phenoxy) is 1. The molecule has 4 nitrogen and oxygen atoms in total. The fourth-order valence-corrected chi connectivity index (χ4v) is 2.11. The summed E-state index contributed by atoms with van der Waals surface area (Å²) in [5, 5.41) is 13.4. The highest BCUT2D eigenvalue weighted by Crippen LogP contribution is 2.25. The summed E-state index contributed by atoms with van der Waals surface area (Å²) in [6.45, 7) is 0. The van der Waals surface area contributed by atoms with Crippen molar-refractivity contribution in [2.75, 3.05) is 13.4 Å². The van der Waals surface area contributed by atoms with Crippen molar-refractivity contribution in [3.8, 4) is 17.5 Å². The zero-order valence-corrected chi connectivity index (χ0v) is 10.4. The van der Waals surface area contributed by atoms with E-state index in [1.807, 2.05) is 24.5 Å². The van der Waals surface area contributed by atoms with Crippen molar-refractivity contribution in [1.29, 1.82) is 5.26 Å². The number of rotatable bonds is 3. The van der Waals surface area contributed by atoms with Gasteiger partial charge in [-0.05, 0) is 18.4 Å². The van der Waals surface area contributed by atoms with Crippen LogP contribution in [-0.2, 0) is 0 Å². The quantitative estimate of drug-likeness (QED) is 0.779. The Balaban J connectivity index is 2.55. The monoisotopic (exact) mass is 245 g/mol. The average molecular weight is 245 g/mol. The number of hydrogen-bond donors (Lipinski definition) is 0. The summed E-state index contributed by atoms with van der Waals surface area (Å²) in [5.74, 6) is 0.670. The standard InChI is InChI=1S/C12H11N3OS/c1-16-9-7-14-15(8-9)11-4-3-5-12(17-2)10(11)6-13/h3-5,7-8H,1-2H3. The molecule has 1 aromatic carbocycles. The van der Waals surface area contributed by atoms with Gasteiger partial charge in [-0.15, -0.1) is 11.8 Å². The predicted octanol–water partition coefficient (Wildman–Crippen LogP) is 2.47. The Kier molecular flexibility index (Phi) is 3.35. The number of benzene rings is 1. The molecule has 0 aliphatic heterocycles. The molecule has 0 bridgehead atoms. The number of nitriles is 1. The molecular weight excluding hydrogens is 234 g/mol. The molecule has 17 heavy (non-hydrogen) atoms. The summed E-state index contributed by atoms with van der Waals surface area (Å²) in [7, 11) is 1.59. The SMILES string of the molecule is COc1cnn(-c2cccc(SC)c2C#N)c1. The molecule has 0 unspecified atom stereocenters. The molecular formula is C12H11N3OS. The minimum Gasteiger partial charge on any atom is -0.493 e. The van der Waals surface area contributed by atoms with Gasteiger partial charge in [0.05, 0.1) is 30.8 Å². The fraction of sp³-hybridized carbons (Fsp3) is 0.167. The molecule has 0 fully saturated rings. The van der Waals surface area contributed by atoms with E-state index in [4.69, 9.17) is 4.74 Å². The first kappa shape index (κ1) is 11.6. The summed E-state index contributed by atoms with van der Waals surface area (Å²) in [5.41, 5.74) is 1.40. The predicted molar refractivity (Wildman–Crippen MR) is 66.6 cm³/mol. The van der Waals surface area contributed by atoms with Gasteiger partial charge in [0.2, 0.25) is 0 Å². The third kappa shape index (κ3) is 2.12. The third-order valence-electron chi connectivity index (χ3n) is 2.38. The van der Waals surface area contributed by atoms with Crippen molar-refractivity contribution in [2.45, 2.75) is 4.90 Å². The Morgan fingerprint density at radius 3 is 2.88 bits per heavy atom. The zero-order valence-electron chi connectivity index (χ0n) is 9.54. The van der Waals surface area contributed by atoms with Gasteiger partial charge in [-0.25, -0.2) is 4.68 Å².